The van der Waals surface area contributed by atoms with E-state index in [0.29, 0.717) is 10.7 Å². The van der Waals surface area contributed by atoms with Gasteiger partial charge in [0, 0.05) is 17.5 Å². The summed E-state index contributed by atoms with van der Waals surface area (Å²) in [5.74, 6) is 0.798. The number of rotatable bonds is 3. The van der Waals surface area contributed by atoms with Crippen LogP contribution in [0.15, 0.2) is 54.6 Å². The van der Waals surface area contributed by atoms with Crippen LogP contribution >= 0.6 is 11.6 Å². The molecule has 0 amide bonds. The molecule has 4 heteroatoms. The first-order valence-electron chi connectivity index (χ1n) is 6.43. The molecule has 0 unspecified atom stereocenters. The highest BCUT2D eigenvalue weighted by molar-refractivity contribution is 6.30. The lowest BCUT2D eigenvalue weighted by Crippen LogP contribution is -1.99. The predicted molar refractivity (Wildman–Crippen MR) is 84.0 cm³/mol. The van der Waals surface area contributed by atoms with Gasteiger partial charge < -0.3 is 4.74 Å². The lowest BCUT2D eigenvalue weighted by Gasteiger charge is -2.08. The molecule has 0 N–H and O–H groups in total. The van der Waals surface area contributed by atoms with E-state index in [4.69, 9.17) is 23.3 Å². The molecule has 0 saturated carbocycles. The first-order valence-corrected chi connectivity index (χ1v) is 6.81. The van der Waals surface area contributed by atoms with Crippen LogP contribution in [0.5, 0.6) is 5.75 Å². The highest BCUT2D eigenvalue weighted by Gasteiger charge is 2.10. The van der Waals surface area contributed by atoms with Crippen LogP contribution in [0.3, 0.4) is 0 Å². The Morgan fingerprint density at radius 1 is 1.05 bits per heavy atom. The first-order chi connectivity index (χ1) is 10.2. The summed E-state index contributed by atoms with van der Waals surface area (Å²) >= 11 is 5.93. The lowest BCUT2D eigenvalue weighted by atomic mass is 10.1. The van der Waals surface area contributed by atoms with Crippen molar-refractivity contribution < 1.29 is 4.74 Å². The topological polar surface area (TPSA) is 27.1 Å². The van der Waals surface area contributed by atoms with Gasteiger partial charge in [-0.25, -0.2) is 4.68 Å². The van der Waals surface area contributed by atoms with E-state index >= 15 is 0 Å². The summed E-state index contributed by atoms with van der Waals surface area (Å²) in [6.07, 6.45) is 0. The zero-order valence-electron chi connectivity index (χ0n) is 11.5. The average Bonchev–Trinajstić information content (AvgIpc) is 2.90. The summed E-state index contributed by atoms with van der Waals surface area (Å²) in [6, 6.07) is 17.1. The van der Waals surface area contributed by atoms with E-state index in [1.165, 1.54) is 0 Å². The Kier molecular flexibility index (Phi) is 3.67. The second kappa shape index (κ2) is 5.62. The molecular formula is C17H13ClN2O. The molecule has 3 rings (SSSR count). The molecule has 104 valence electrons. The molecule has 21 heavy (non-hydrogen) atoms. The number of nitrogens with zero attached hydrogens (tertiary/aromatic N) is 2. The van der Waals surface area contributed by atoms with E-state index in [2.05, 4.69) is 5.10 Å². The highest BCUT2D eigenvalue weighted by Crippen LogP contribution is 2.26. The molecule has 0 aliphatic heterocycles. The van der Waals surface area contributed by atoms with Crippen LogP contribution in [0.25, 0.3) is 16.9 Å². The van der Waals surface area contributed by atoms with Gasteiger partial charge in [0.25, 0.3) is 0 Å². The van der Waals surface area contributed by atoms with Crippen LogP contribution < -0.4 is 4.74 Å². The maximum absolute atomic E-state index is 5.93. The van der Waals surface area contributed by atoms with Crippen molar-refractivity contribution in [1.82, 2.24) is 9.78 Å². The molecule has 0 aliphatic rings. The minimum absolute atomic E-state index is 0.468. The Balaban J connectivity index is 2.08. The molecule has 1 aromatic heterocycles. The van der Waals surface area contributed by atoms with E-state index in [9.17, 15) is 0 Å². The molecule has 0 atom stereocenters. The van der Waals surface area contributed by atoms with Gasteiger partial charge in [0.15, 0.2) is 0 Å². The molecular weight excluding hydrogens is 284 g/mol. The first kappa shape index (κ1) is 13.7. The Morgan fingerprint density at radius 3 is 2.33 bits per heavy atom. The quantitative estimate of drug-likeness (QED) is 0.722. The van der Waals surface area contributed by atoms with Gasteiger partial charge in [-0.1, -0.05) is 23.7 Å². The van der Waals surface area contributed by atoms with Crippen LogP contribution in [-0.4, -0.2) is 16.9 Å². The number of ether oxygens (including phenoxy) is 1. The molecule has 0 aliphatic carbocycles. The third-order valence-electron chi connectivity index (χ3n) is 3.19. The average molecular weight is 297 g/mol. The minimum atomic E-state index is 0.468. The second-order valence-electron chi connectivity index (χ2n) is 4.57. The highest BCUT2D eigenvalue weighted by atomic mass is 35.5. The fourth-order valence-corrected chi connectivity index (χ4v) is 2.27. The molecule has 0 saturated heterocycles. The summed E-state index contributed by atoms with van der Waals surface area (Å²) in [7, 11) is 1.64. The van der Waals surface area contributed by atoms with E-state index in [1.807, 2.05) is 54.6 Å². The van der Waals surface area contributed by atoms with Crippen LogP contribution in [0, 0.1) is 6.92 Å². The van der Waals surface area contributed by atoms with E-state index in [-0.39, 0.29) is 0 Å². The van der Waals surface area contributed by atoms with Crippen LogP contribution in [-0.2, 0) is 0 Å². The van der Waals surface area contributed by atoms with Crippen LogP contribution in [0.1, 0.15) is 5.69 Å². The molecule has 2 aromatic carbocycles. The molecule has 1 heterocycles. The lowest BCUT2D eigenvalue weighted by molar-refractivity contribution is 0.414. The molecule has 0 spiro atoms. The summed E-state index contributed by atoms with van der Waals surface area (Å²) in [5, 5.41) is 5.05. The van der Waals surface area contributed by atoms with Crippen molar-refractivity contribution in [3.05, 3.63) is 72.2 Å². The molecule has 2 radical (unpaired) electrons. The number of benzene rings is 2. The Bertz CT molecular complexity index is 745. The molecule has 0 fully saturated rings. The fourth-order valence-electron chi connectivity index (χ4n) is 2.15. The second-order valence-corrected chi connectivity index (χ2v) is 5.01. The van der Waals surface area contributed by atoms with Gasteiger partial charge in [0.05, 0.1) is 24.2 Å². The molecule has 3 aromatic rings. The number of aromatic nitrogens is 2. The van der Waals surface area contributed by atoms with E-state index in [0.717, 1.165) is 22.7 Å². The third kappa shape index (κ3) is 2.78. The van der Waals surface area contributed by atoms with Gasteiger partial charge in [0.2, 0.25) is 0 Å². The standard InChI is InChI=1S/C17H13ClN2O/c1-12-11-17(13-3-5-14(18)6-4-13)20(19-12)15-7-9-16(21-2)10-8-15/h1,3-11H,2H3. The van der Waals surface area contributed by atoms with Crippen molar-refractivity contribution in [2.24, 2.45) is 0 Å². The maximum atomic E-state index is 5.93. The largest absolute Gasteiger partial charge is 0.497 e. The number of halogens is 1. The number of hydrogen-bond acceptors (Lipinski definition) is 2. The summed E-state index contributed by atoms with van der Waals surface area (Å²) in [4.78, 5) is 0. The Morgan fingerprint density at radius 2 is 1.71 bits per heavy atom. The number of hydrogen-bond donors (Lipinski definition) is 0. The SMILES string of the molecule is [CH]c1cc(-c2ccc(Cl)cc2)n(-c2ccc(OC)cc2)n1. The smallest absolute Gasteiger partial charge is 0.119 e. The number of methoxy groups -OCH3 is 1. The molecule has 0 bridgehead atoms. The van der Waals surface area contributed by atoms with Crippen LogP contribution in [0.4, 0.5) is 0 Å². The summed E-state index contributed by atoms with van der Waals surface area (Å²) in [5.41, 5.74) is 3.29. The minimum Gasteiger partial charge on any atom is -0.497 e. The fraction of sp³-hybridized carbons (Fsp3) is 0.0588. The summed E-state index contributed by atoms with van der Waals surface area (Å²) < 4.78 is 6.97. The van der Waals surface area contributed by atoms with Gasteiger partial charge in [-0.3, -0.25) is 0 Å². The Hall–Kier alpha value is -2.26. The van der Waals surface area contributed by atoms with Crippen molar-refractivity contribution in [3.63, 3.8) is 0 Å². The normalized spacial score (nSPS) is 10.6. The van der Waals surface area contributed by atoms with Gasteiger partial charge in [0.1, 0.15) is 5.75 Å². The summed E-state index contributed by atoms with van der Waals surface area (Å²) in [6.45, 7) is 5.86. The van der Waals surface area contributed by atoms with Crippen molar-refractivity contribution in [2.45, 2.75) is 0 Å². The Labute approximate surface area is 128 Å². The van der Waals surface area contributed by atoms with Gasteiger partial charge in [-0.2, -0.15) is 5.10 Å². The predicted octanol–water partition coefficient (Wildman–Crippen LogP) is 4.26. The van der Waals surface area contributed by atoms with Crippen molar-refractivity contribution in [1.29, 1.82) is 0 Å². The van der Waals surface area contributed by atoms with E-state index in [1.54, 1.807) is 11.8 Å². The van der Waals surface area contributed by atoms with Gasteiger partial charge in [-0.15, -0.1) is 0 Å². The zero-order chi connectivity index (χ0) is 14.8. The van der Waals surface area contributed by atoms with Crippen molar-refractivity contribution >= 4 is 11.6 Å². The van der Waals surface area contributed by atoms with Crippen molar-refractivity contribution in [2.75, 3.05) is 7.11 Å². The maximum Gasteiger partial charge on any atom is 0.119 e. The third-order valence-corrected chi connectivity index (χ3v) is 3.44. The van der Waals surface area contributed by atoms with E-state index < -0.39 is 0 Å². The van der Waals surface area contributed by atoms with Gasteiger partial charge >= 0.3 is 0 Å². The van der Waals surface area contributed by atoms with Crippen LogP contribution in [0.2, 0.25) is 5.02 Å². The van der Waals surface area contributed by atoms with Crippen molar-refractivity contribution in [3.8, 4) is 22.7 Å². The zero-order valence-corrected chi connectivity index (χ0v) is 12.2. The molecule has 3 nitrogen and oxygen atoms in total. The van der Waals surface area contributed by atoms with Gasteiger partial charge in [-0.05, 0) is 42.5 Å². The monoisotopic (exact) mass is 296 g/mol.